The summed E-state index contributed by atoms with van der Waals surface area (Å²) in [4.78, 5) is 19.0. The van der Waals surface area contributed by atoms with Crippen LogP contribution in [0.15, 0.2) is 48.5 Å². The molecule has 0 spiro atoms. The average molecular weight is 369 g/mol. The number of anilines is 1. The fraction of sp³-hybridized carbons (Fsp3) is 0.409. The summed E-state index contributed by atoms with van der Waals surface area (Å²) in [5, 5.41) is 0. The number of likely N-dealkylation sites (N-methyl/N-ethyl adjacent to an activating group) is 1. The molecule has 3 rings (SSSR count). The van der Waals surface area contributed by atoms with Crippen LogP contribution in [0.2, 0.25) is 0 Å². The van der Waals surface area contributed by atoms with Crippen LogP contribution in [-0.4, -0.2) is 55.5 Å². The smallest absolute Gasteiger partial charge is 0.236 e. The van der Waals surface area contributed by atoms with Crippen LogP contribution in [0.4, 0.5) is 10.1 Å². The minimum Gasteiger partial charge on any atom is -0.370 e. The van der Waals surface area contributed by atoms with Crippen molar-refractivity contribution in [1.29, 1.82) is 0 Å². The Kier molecular flexibility index (Phi) is 6.45. The molecule has 1 heterocycles. The Bertz CT molecular complexity index is 762. The van der Waals surface area contributed by atoms with Gasteiger partial charge in [0.1, 0.15) is 5.82 Å². The van der Waals surface area contributed by atoms with Gasteiger partial charge in [-0.1, -0.05) is 24.3 Å². The molecule has 0 atom stereocenters. The Labute approximate surface area is 161 Å². The lowest BCUT2D eigenvalue weighted by atomic mass is 10.1. The van der Waals surface area contributed by atoms with E-state index in [1.54, 1.807) is 0 Å². The number of halogens is 1. The van der Waals surface area contributed by atoms with E-state index in [0.29, 0.717) is 13.1 Å². The summed E-state index contributed by atoms with van der Waals surface area (Å²) in [6, 6.07) is 14.8. The average Bonchev–Trinajstić information content (AvgIpc) is 2.90. The highest BCUT2D eigenvalue weighted by atomic mass is 19.1. The highest BCUT2D eigenvalue weighted by Crippen LogP contribution is 2.17. The number of carbonyl (C=O) groups excluding carboxylic acids is 1. The fourth-order valence-corrected chi connectivity index (χ4v) is 3.48. The molecule has 1 saturated heterocycles. The van der Waals surface area contributed by atoms with Crippen LogP contribution < -0.4 is 4.90 Å². The van der Waals surface area contributed by atoms with Crippen LogP contribution in [0.1, 0.15) is 17.5 Å². The van der Waals surface area contributed by atoms with Crippen molar-refractivity contribution >= 4 is 11.6 Å². The van der Waals surface area contributed by atoms with E-state index in [2.05, 4.69) is 28.9 Å². The van der Waals surface area contributed by atoms with Crippen molar-refractivity contribution in [2.24, 2.45) is 0 Å². The van der Waals surface area contributed by atoms with Gasteiger partial charge in [0.15, 0.2) is 0 Å². The number of rotatable bonds is 5. The molecular weight excluding hydrogens is 341 g/mol. The maximum absolute atomic E-state index is 13.1. The molecule has 1 amide bonds. The second-order valence-electron chi connectivity index (χ2n) is 7.27. The lowest BCUT2D eigenvalue weighted by Gasteiger charge is -2.25. The maximum Gasteiger partial charge on any atom is 0.236 e. The number of carbonyl (C=O) groups is 1. The van der Waals surface area contributed by atoms with Gasteiger partial charge >= 0.3 is 0 Å². The fourth-order valence-electron chi connectivity index (χ4n) is 3.48. The molecule has 2 aromatic rings. The SMILES string of the molecule is Cc1ccccc1CN(C)C(=O)CN1CCCN(c2ccc(F)cc2)CC1. The van der Waals surface area contributed by atoms with Crippen molar-refractivity contribution in [1.82, 2.24) is 9.80 Å². The van der Waals surface area contributed by atoms with Gasteiger partial charge in [-0.25, -0.2) is 4.39 Å². The quantitative estimate of drug-likeness (QED) is 0.809. The first kappa shape index (κ1) is 19.4. The first-order valence-corrected chi connectivity index (χ1v) is 9.54. The molecule has 0 unspecified atom stereocenters. The molecule has 0 saturated carbocycles. The van der Waals surface area contributed by atoms with Crippen LogP contribution >= 0.6 is 0 Å². The van der Waals surface area contributed by atoms with E-state index in [4.69, 9.17) is 0 Å². The Morgan fingerprint density at radius 1 is 1.04 bits per heavy atom. The third-order valence-electron chi connectivity index (χ3n) is 5.23. The maximum atomic E-state index is 13.1. The summed E-state index contributed by atoms with van der Waals surface area (Å²) >= 11 is 0. The monoisotopic (exact) mass is 369 g/mol. The Hall–Kier alpha value is -2.40. The Balaban J connectivity index is 1.52. The normalized spacial score (nSPS) is 15.4. The van der Waals surface area contributed by atoms with Gasteiger partial charge in [-0.15, -0.1) is 0 Å². The Morgan fingerprint density at radius 3 is 2.52 bits per heavy atom. The van der Waals surface area contributed by atoms with E-state index in [0.717, 1.165) is 38.3 Å². The van der Waals surface area contributed by atoms with Gasteiger partial charge in [-0.05, 0) is 48.7 Å². The molecule has 1 aliphatic rings. The third-order valence-corrected chi connectivity index (χ3v) is 5.23. The second-order valence-corrected chi connectivity index (χ2v) is 7.27. The molecule has 4 nitrogen and oxygen atoms in total. The van der Waals surface area contributed by atoms with E-state index in [-0.39, 0.29) is 11.7 Å². The lowest BCUT2D eigenvalue weighted by Crippen LogP contribution is -2.40. The zero-order chi connectivity index (χ0) is 19.2. The van der Waals surface area contributed by atoms with Gasteiger partial charge in [0.2, 0.25) is 5.91 Å². The molecular formula is C22H28FN3O. The minimum atomic E-state index is -0.211. The largest absolute Gasteiger partial charge is 0.370 e. The molecule has 0 aromatic heterocycles. The molecule has 0 N–H and O–H groups in total. The second kappa shape index (κ2) is 9.00. The van der Waals surface area contributed by atoms with Crippen LogP contribution in [0.3, 0.4) is 0 Å². The van der Waals surface area contributed by atoms with Crippen molar-refractivity contribution < 1.29 is 9.18 Å². The Morgan fingerprint density at radius 2 is 1.78 bits per heavy atom. The summed E-state index contributed by atoms with van der Waals surface area (Å²) < 4.78 is 13.1. The van der Waals surface area contributed by atoms with Gasteiger partial charge in [0.25, 0.3) is 0 Å². The summed E-state index contributed by atoms with van der Waals surface area (Å²) in [5.41, 5.74) is 3.44. The van der Waals surface area contributed by atoms with E-state index in [9.17, 15) is 9.18 Å². The van der Waals surface area contributed by atoms with Crippen LogP contribution in [0.5, 0.6) is 0 Å². The van der Waals surface area contributed by atoms with Gasteiger partial charge < -0.3 is 9.80 Å². The molecule has 2 aromatic carbocycles. The standard InChI is InChI=1S/C22H28FN3O/c1-18-6-3-4-7-19(18)16-24(2)22(27)17-25-12-5-13-26(15-14-25)21-10-8-20(23)9-11-21/h3-4,6-11H,5,12-17H2,1-2H3. The van der Waals surface area contributed by atoms with Gasteiger partial charge in [0, 0.05) is 45.5 Å². The van der Waals surface area contributed by atoms with E-state index < -0.39 is 0 Å². The molecule has 27 heavy (non-hydrogen) atoms. The minimum absolute atomic E-state index is 0.147. The number of hydrogen-bond donors (Lipinski definition) is 0. The predicted molar refractivity (Wildman–Crippen MR) is 107 cm³/mol. The number of hydrogen-bond acceptors (Lipinski definition) is 3. The van der Waals surface area contributed by atoms with Crippen molar-refractivity contribution in [3.63, 3.8) is 0 Å². The van der Waals surface area contributed by atoms with Gasteiger partial charge in [0.05, 0.1) is 6.54 Å². The molecule has 144 valence electrons. The zero-order valence-electron chi connectivity index (χ0n) is 16.2. The summed E-state index contributed by atoms with van der Waals surface area (Å²) in [6.07, 6.45) is 0.992. The highest BCUT2D eigenvalue weighted by Gasteiger charge is 2.19. The van der Waals surface area contributed by atoms with Gasteiger partial charge in [-0.3, -0.25) is 9.69 Å². The first-order valence-electron chi connectivity index (χ1n) is 9.54. The summed E-state index contributed by atoms with van der Waals surface area (Å²) in [6.45, 7) is 6.67. The molecule has 0 radical (unpaired) electrons. The predicted octanol–water partition coefficient (Wildman–Crippen LogP) is 3.30. The van der Waals surface area contributed by atoms with Crippen LogP contribution in [0.25, 0.3) is 0 Å². The topological polar surface area (TPSA) is 26.8 Å². The third kappa shape index (κ3) is 5.30. The van der Waals surface area contributed by atoms with Crippen LogP contribution in [-0.2, 0) is 11.3 Å². The number of nitrogens with zero attached hydrogens (tertiary/aromatic N) is 3. The molecule has 0 aliphatic carbocycles. The highest BCUT2D eigenvalue weighted by molar-refractivity contribution is 5.78. The van der Waals surface area contributed by atoms with E-state index in [1.807, 2.05) is 36.2 Å². The van der Waals surface area contributed by atoms with Crippen LogP contribution in [0, 0.1) is 12.7 Å². The molecule has 0 bridgehead atoms. The zero-order valence-corrected chi connectivity index (χ0v) is 16.2. The molecule has 1 aliphatic heterocycles. The molecule has 1 fully saturated rings. The summed E-state index contributed by atoms with van der Waals surface area (Å²) in [7, 11) is 1.87. The van der Waals surface area contributed by atoms with E-state index in [1.165, 1.54) is 23.3 Å². The number of amides is 1. The van der Waals surface area contributed by atoms with Crippen molar-refractivity contribution in [2.75, 3.05) is 44.7 Å². The van der Waals surface area contributed by atoms with E-state index >= 15 is 0 Å². The van der Waals surface area contributed by atoms with Crippen molar-refractivity contribution in [2.45, 2.75) is 19.9 Å². The van der Waals surface area contributed by atoms with Crippen molar-refractivity contribution in [3.05, 3.63) is 65.5 Å². The molecule has 5 heteroatoms. The van der Waals surface area contributed by atoms with Gasteiger partial charge in [-0.2, -0.15) is 0 Å². The first-order chi connectivity index (χ1) is 13.0. The number of benzene rings is 2. The summed E-state index contributed by atoms with van der Waals surface area (Å²) in [5.74, 6) is -0.0639. The van der Waals surface area contributed by atoms with Crippen molar-refractivity contribution in [3.8, 4) is 0 Å². The number of aryl methyl sites for hydroxylation is 1. The lowest BCUT2D eigenvalue weighted by molar-refractivity contribution is -0.131.